The van der Waals surface area contributed by atoms with Gasteiger partial charge >= 0.3 is 0 Å². The molecule has 2 aromatic heterocycles. The number of imidazole rings is 1. The number of carbonyl (C=O) groups excluding carboxylic acids is 1. The van der Waals surface area contributed by atoms with E-state index in [-0.39, 0.29) is 5.91 Å². The summed E-state index contributed by atoms with van der Waals surface area (Å²) in [6, 6.07) is 1.97. The molecule has 0 spiro atoms. The number of amides is 1. The number of aromatic nitrogens is 4. The smallest absolute Gasteiger partial charge is 0.274 e. The van der Waals surface area contributed by atoms with E-state index < -0.39 is 0 Å². The van der Waals surface area contributed by atoms with E-state index in [0.717, 1.165) is 62.2 Å². The molecule has 4 rings (SSSR count). The van der Waals surface area contributed by atoms with E-state index in [4.69, 9.17) is 0 Å². The first-order valence-electron chi connectivity index (χ1n) is 8.80. The van der Waals surface area contributed by atoms with Crippen molar-refractivity contribution in [3.8, 4) is 5.82 Å². The molecule has 0 unspecified atom stereocenters. The summed E-state index contributed by atoms with van der Waals surface area (Å²) in [4.78, 5) is 29.8. The first-order chi connectivity index (χ1) is 12.3. The molecule has 2 aliphatic rings. The second-order valence-corrected chi connectivity index (χ2v) is 7.58. The summed E-state index contributed by atoms with van der Waals surface area (Å²) in [6.07, 6.45) is 8.38. The van der Waals surface area contributed by atoms with Gasteiger partial charge in [0.05, 0.1) is 0 Å². The van der Waals surface area contributed by atoms with Gasteiger partial charge in [-0.05, 0) is 19.3 Å². The molecule has 2 saturated heterocycles. The predicted molar refractivity (Wildman–Crippen MR) is 98.4 cm³/mol. The Balaban J connectivity index is 1.52. The van der Waals surface area contributed by atoms with Crippen molar-refractivity contribution < 1.29 is 4.79 Å². The zero-order valence-electron chi connectivity index (χ0n) is 14.2. The van der Waals surface area contributed by atoms with Crippen LogP contribution in [0.1, 0.15) is 29.8 Å². The van der Waals surface area contributed by atoms with Crippen LogP contribution in [0.5, 0.6) is 0 Å². The van der Waals surface area contributed by atoms with Crippen LogP contribution < -0.4 is 4.90 Å². The van der Waals surface area contributed by atoms with Crippen molar-refractivity contribution >= 4 is 23.5 Å². The second-order valence-electron chi connectivity index (χ2n) is 6.35. The molecule has 0 atom stereocenters. The Hall–Kier alpha value is -2.09. The molecule has 0 aliphatic carbocycles. The fourth-order valence-electron chi connectivity index (χ4n) is 3.26. The van der Waals surface area contributed by atoms with Gasteiger partial charge in [0.2, 0.25) is 0 Å². The summed E-state index contributed by atoms with van der Waals surface area (Å²) in [5, 5.41) is 0. The topological polar surface area (TPSA) is 67.2 Å². The number of hydrogen-bond donors (Lipinski definition) is 0. The van der Waals surface area contributed by atoms with Crippen LogP contribution in [0.3, 0.4) is 0 Å². The quantitative estimate of drug-likeness (QED) is 0.834. The summed E-state index contributed by atoms with van der Waals surface area (Å²) >= 11 is 1.97. The number of thioether (sulfide) groups is 1. The van der Waals surface area contributed by atoms with Gasteiger partial charge in [0.1, 0.15) is 30.0 Å². The zero-order valence-corrected chi connectivity index (χ0v) is 15.0. The average Bonchev–Trinajstić information content (AvgIpc) is 3.19. The Kier molecular flexibility index (Phi) is 4.87. The molecular formula is C17H22N6OS. The summed E-state index contributed by atoms with van der Waals surface area (Å²) in [5.74, 6) is 3.94. The number of rotatable bonds is 3. The molecule has 132 valence electrons. The van der Waals surface area contributed by atoms with E-state index in [1.807, 2.05) is 22.7 Å². The molecular weight excluding hydrogens is 336 g/mol. The maximum atomic E-state index is 12.6. The minimum Gasteiger partial charge on any atom is -0.355 e. The fourth-order valence-corrected chi connectivity index (χ4v) is 4.16. The normalized spacial score (nSPS) is 18.4. The van der Waals surface area contributed by atoms with Crippen LogP contribution in [0.15, 0.2) is 24.9 Å². The maximum absolute atomic E-state index is 12.6. The third kappa shape index (κ3) is 3.63. The third-order valence-corrected chi connectivity index (χ3v) is 5.63. The van der Waals surface area contributed by atoms with Crippen LogP contribution in [0.4, 0.5) is 5.82 Å². The SMILES string of the molecule is O=C(c1cn(-c2cc(N3CCSCC3)ncn2)cn1)N1CCCCC1. The van der Waals surface area contributed by atoms with Crippen molar-refractivity contribution in [2.75, 3.05) is 42.6 Å². The van der Waals surface area contributed by atoms with E-state index in [9.17, 15) is 4.79 Å². The molecule has 0 saturated carbocycles. The number of carbonyl (C=O) groups is 1. The molecule has 4 heterocycles. The van der Waals surface area contributed by atoms with Crippen molar-refractivity contribution in [1.29, 1.82) is 0 Å². The molecule has 0 N–H and O–H groups in total. The van der Waals surface area contributed by atoms with E-state index >= 15 is 0 Å². The molecule has 2 fully saturated rings. The van der Waals surface area contributed by atoms with Gasteiger partial charge in [0.25, 0.3) is 5.91 Å². The van der Waals surface area contributed by atoms with Gasteiger partial charge in [0.15, 0.2) is 0 Å². The molecule has 0 bridgehead atoms. The van der Waals surface area contributed by atoms with E-state index in [1.165, 1.54) is 6.42 Å². The Labute approximate surface area is 151 Å². The number of piperidine rings is 1. The van der Waals surface area contributed by atoms with E-state index in [2.05, 4.69) is 19.9 Å². The summed E-state index contributed by atoms with van der Waals surface area (Å²) in [6.45, 7) is 3.67. The molecule has 2 aliphatic heterocycles. The fraction of sp³-hybridized carbons (Fsp3) is 0.529. The maximum Gasteiger partial charge on any atom is 0.274 e. The van der Waals surface area contributed by atoms with Gasteiger partial charge in [-0.2, -0.15) is 11.8 Å². The van der Waals surface area contributed by atoms with Crippen LogP contribution in [-0.4, -0.2) is 68.0 Å². The molecule has 0 radical (unpaired) electrons. The third-order valence-electron chi connectivity index (χ3n) is 4.68. The van der Waals surface area contributed by atoms with Crippen LogP contribution in [0.25, 0.3) is 5.82 Å². The second kappa shape index (κ2) is 7.43. The summed E-state index contributed by atoms with van der Waals surface area (Å²) in [5.41, 5.74) is 0.483. The first-order valence-corrected chi connectivity index (χ1v) is 9.95. The molecule has 1 amide bonds. The highest BCUT2D eigenvalue weighted by Crippen LogP contribution is 2.19. The van der Waals surface area contributed by atoms with E-state index in [1.54, 1.807) is 23.4 Å². The van der Waals surface area contributed by atoms with Crippen LogP contribution in [0, 0.1) is 0 Å². The molecule has 7 nitrogen and oxygen atoms in total. The van der Waals surface area contributed by atoms with Crippen molar-refractivity contribution in [3.05, 3.63) is 30.6 Å². The van der Waals surface area contributed by atoms with Crippen molar-refractivity contribution in [3.63, 3.8) is 0 Å². The van der Waals surface area contributed by atoms with Crippen LogP contribution >= 0.6 is 11.8 Å². The largest absolute Gasteiger partial charge is 0.355 e. The van der Waals surface area contributed by atoms with Gasteiger partial charge in [-0.25, -0.2) is 15.0 Å². The van der Waals surface area contributed by atoms with Crippen molar-refractivity contribution in [1.82, 2.24) is 24.4 Å². The lowest BCUT2D eigenvalue weighted by Gasteiger charge is -2.27. The monoisotopic (exact) mass is 358 g/mol. The van der Waals surface area contributed by atoms with Crippen molar-refractivity contribution in [2.45, 2.75) is 19.3 Å². The molecule has 25 heavy (non-hydrogen) atoms. The summed E-state index contributed by atoms with van der Waals surface area (Å²) in [7, 11) is 0. The van der Waals surface area contributed by atoms with Crippen LogP contribution in [0.2, 0.25) is 0 Å². The first kappa shape index (κ1) is 16.4. The number of likely N-dealkylation sites (tertiary alicyclic amines) is 1. The molecule has 0 aromatic carbocycles. The predicted octanol–water partition coefficient (Wildman–Crippen LogP) is 1.84. The lowest BCUT2D eigenvalue weighted by atomic mass is 10.1. The number of hydrogen-bond acceptors (Lipinski definition) is 6. The van der Waals surface area contributed by atoms with Gasteiger partial charge in [-0.15, -0.1) is 0 Å². The Bertz CT molecular complexity index is 736. The minimum atomic E-state index is 0.0146. The van der Waals surface area contributed by atoms with Gasteiger partial charge < -0.3 is 9.80 Å². The van der Waals surface area contributed by atoms with Gasteiger partial charge in [-0.1, -0.05) is 0 Å². The lowest BCUT2D eigenvalue weighted by molar-refractivity contribution is 0.0719. The van der Waals surface area contributed by atoms with Crippen molar-refractivity contribution in [2.24, 2.45) is 0 Å². The average molecular weight is 358 g/mol. The van der Waals surface area contributed by atoms with Gasteiger partial charge in [0, 0.05) is 49.9 Å². The Morgan fingerprint density at radius 2 is 1.72 bits per heavy atom. The minimum absolute atomic E-state index is 0.0146. The zero-order chi connectivity index (χ0) is 17.1. The molecule has 8 heteroatoms. The highest BCUT2D eigenvalue weighted by atomic mass is 32.2. The highest BCUT2D eigenvalue weighted by Gasteiger charge is 2.21. The molecule has 2 aromatic rings. The standard InChI is InChI=1S/C17H22N6OS/c24-17(22-4-2-1-3-5-22)14-11-23(13-20-14)16-10-15(18-12-19-16)21-6-8-25-9-7-21/h10-13H,1-9H2. The Morgan fingerprint density at radius 1 is 0.960 bits per heavy atom. The number of anilines is 1. The summed E-state index contributed by atoms with van der Waals surface area (Å²) < 4.78 is 1.81. The Morgan fingerprint density at radius 3 is 2.52 bits per heavy atom. The highest BCUT2D eigenvalue weighted by molar-refractivity contribution is 7.99. The lowest BCUT2D eigenvalue weighted by Crippen LogP contribution is -2.35. The number of nitrogens with zero attached hydrogens (tertiary/aromatic N) is 6. The van der Waals surface area contributed by atoms with E-state index in [0.29, 0.717) is 5.69 Å². The van der Waals surface area contributed by atoms with Gasteiger partial charge in [-0.3, -0.25) is 9.36 Å². The van der Waals surface area contributed by atoms with Crippen LogP contribution in [-0.2, 0) is 0 Å².